The van der Waals surface area contributed by atoms with Crippen molar-refractivity contribution in [2.75, 3.05) is 0 Å². The standard InChI is InChI=1S/C12H14P/c1-4-13(5-2,6-3)12-10-8-7-9-11-12/h4-11H,1-3H2/q+1. The minimum absolute atomic E-state index is 1.26. The molecule has 0 aromatic heterocycles. The van der Waals surface area contributed by atoms with Gasteiger partial charge in [-0.05, 0) is 12.1 Å². The van der Waals surface area contributed by atoms with Gasteiger partial charge in [-0.2, -0.15) is 0 Å². The molecule has 1 rings (SSSR count). The minimum atomic E-state index is -1.50. The second-order valence-electron chi connectivity index (χ2n) is 2.72. The first-order valence-corrected chi connectivity index (χ1v) is 6.13. The fraction of sp³-hybridized carbons (Fsp3) is 0. The van der Waals surface area contributed by atoms with Gasteiger partial charge >= 0.3 is 0 Å². The summed E-state index contributed by atoms with van der Waals surface area (Å²) in [5, 5.41) is 1.26. The van der Waals surface area contributed by atoms with Crippen molar-refractivity contribution < 1.29 is 0 Å². The molecule has 1 heteroatoms. The maximum Gasteiger partial charge on any atom is 0.120 e. The van der Waals surface area contributed by atoms with Crippen LogP contribution in [0.25, 0.3) is 0 Å². The molecule has 0 radical (unpaired) electrons. The Morgan fingerprint density at radius 1 is 0.846 bits per heavy atom. The predicted octanol–water partition coefficient (Wildman–Crippen LogP) is 3.76. The van der Waals surface area contributed by atoms with Crippen LogP contribution in [0, 0.1) is 0 Å². The molecule has 0 N–H and O–H groups in total. The fourth-order valence-electron chi connectivity index (χ4n) is 1.23. The van der Waals surface area contributed by atoms with Crippen LogP contribution >= 0.6 is 7.26 Å². The second-order valence-corrected chi connectivity index (χ2v) is 6.00. The Hall–Kier alpha value is -1.13. The SMILES string of the molecule is C=C[P+](C=C)(C=C)c1ccccc1. The molecule has 0 amide bonds. The molecule has 0 fully saturated rings. The predicted molar refractivity (Wildman–Crippen MR) is 63.6 cm³/mol. The number of hydrogen-bond donors (Lipinski definition) is 0. The third-order valence-corrected chi connectivity index (χ3v) is 5.11. The summed E-state index contributed by atoms with van der Waals surface area (Å²) in [7, 11) is -1.50. The van der Waals surface area contributed by atoms with Crippen molar-refractivity contribution in [2.45, 2.75) is 0 Å². The normalized spacial score (nSPS) is 10.5. The quantitative estimate of drug-likeness (QED) is 0.632. The number of benzene rings is 1. The van der Waals surface area contributed by atoms with Crippen molar-refractivity contribution in [3.05, 3.63) is 67.5 Å². The topological polar surface area (TPSA) is 0 Å². The summed E-state index contributed by atoms with van der Waals surface area (Å²) in [6.07, 6.45) is 0. The summed E-state index contributed by atoms with van der Waals surface area (Å²) < 4.78 is 0. The van der Waals surface area contributed by atoms with Gasteiger partial charge in [0.1, 0.15) is 12.6 Å². The molecule has 0 nitrogen and oxygen atoms in total. The van der Waals surface area contributed by atoms with Crippen LogP contribution in [0.4, 0.5) is 0 Å². The first kappa shape index (κ1) is 9.95. The lowest BCUT2D eigenvalue weighted by molar-refractivity contribution is 1.77. The van der Waals surface area contributed by atoms with E-state index in [4.69, 9.17) is 0 Å². The van der Waals surface area contributed by atoms with Gasteiger partial charge < -0.3 is 0 Å². The molecule has 0 aliphatic carbocycles. The molecule has 0 heterocycles. The molecule has 0 saturated heterocycles. The fourth-order valence-corrected chi connectivity index (χ4v) is 2.99. The van der Waals surface area contributed by atoms with Gasteiger partial charge in [-0.25, -0.2) is 0 Å². The van der Waals surface area contributed by atoms with Crippen LogP contribution in [0.2, 0.25) is 0 Å². The van der Waals surface area contributed by atoms with Gasteiger partial charge in [0.25, 0.3) is 0 Å². The third-order valence-electron chi connectivity index (χ3n) is 2.11. The second kappa shape index (κ2) is 4.20. The van der Waals surface area contributed by atoms with Crippen molar-refractivity contribution in [1.29, 1.82) is 0 Å². The average molecular weight is 189 g/mol. The summed E-state index contributed by atoms with van der Waals surface area (Å²) in [4.78, 5) is 0. The summed E-state index contributed by atoms with van der Waals surface area (Å²) in [6, 6.07) is 10.3. The van der Waals surface area contributed by atoms with Crippen molar-refractivity contribution in [1.82, 2.24) is 0 Å². The van der Waals surface area contributed by atoms with E-state index in [-0.39, 0.29) is 0 Å². The molecule has 0 unspecified atom stereocenters. The summed E-state index contributed by atoms with van der Waals surface area (Å²) >= 11 is 0. The first-order valence-electron chi connectivity index (χ1n) is 4.13. The van der Waals surface area contributed by atoms with E-state index in [0.717, 1.165) is 0 Å². The molecule has 1 aromatic carbocycles. The van der Waals surface area contributed by atoms with E-state index in [0.29, 0.717) is 0 Å². The van der Waals surface area contributed by atoms with Crippen molar-refractivity contribution in [3.8, 4) is 0 Å². The van der Waals surface area contributed by atoms with Gasteiger partial charge in [0.2, 0.25) is 0 Å². The highest BCUT2D eigenvalue weighted by molar-refractivity contribution is 7.90. The Bertz CT molecular complexity index is 289. The Kier molecular flexibility index (Phi) is 3.22. The molecule has 1 aromatic rings. The number of hydrogen-bond acceptors (Lipinski definition) is 0. The summed E-state index contributed by atoms with van der Waals surface area (Å²) in [6.45, 7) is 11.6. The summed E-state index contributed by atoms with van der Waals surface area (Å²) in [5.74, 6) is 5.88. The van der Waals surface area contributed by atoms with Gasteiger partial charge in [-0.3, -0.25) is 0 Å². The monoisotopic (exact) mass is 189 g/mol. The van der Waals surface area contributed by atoms with E-state index in [9.17, 15) is 0 Å². The van der Waals surface area contributed by atoms with E-state index < -0.39 is 7.26 Å². The molecule has 0 aliphatic heterocycles. The van der Waals surface area contributed by atoms with Crippen LogP contribution in [0.1, 0.15) is 0 Å². The molecule has 13 heavy (non-hydrogen) atoms. The highest BCUT2D eigenvalue weighted by Gasteiger charge is 2.29. The van der Waals surface area contributed by atoms with Crippen LogP contribution in [-0.4, -0.2) is 0 Å². The maximum atomic E-state index is 3.86. The lowest BCUT2D eigenvalue weighted by Crippen LogP contribution is -2.03. The zero-order valence-corrected chi connectivity index (χ0v) is 8.58. The van der Waals surface area contributed by atoms with Crippen LogP contribution in [0.3, 0.4) is 0 Å². The van der Waals surface area contributed by atoms with E-state index in [1.807, 2.05) is 35.7 Å². The molecule has 0 spiro atoms. The smallest absolute Gasteiger partial charge is 0.0628 e. The molecular formula is C12H14P+. The molecule has 0 atom stereocenters. The summed E-state index contributed by atoms with van der Waals surface area (Å²) in [5.41, 5.74) is 0. The zero-order valence-electron chi connectivity index (χ0n) is 7.69. The van der Waals surface area contributed by atoms with Crippen LogP contribution in [-0.2, 0) is 0 Å². The third kappa shape index (κ3) is 1.79. The lowest BCUT2D eigenvalue weighted by atomic mass is 10.4. The van der Waals surface area contributed by atoms with Gasteiger partial charge in [0.15, 0.2) is 0 Å². The maximum absolute atomic E-state index is 3.86. The Labute approximate surface area is 80.6 Å². The Morgan fingerprint density at radius 3 is 1.69 bits per heavy atom. The van der Waals surface area contributed by atoms with Crippen molar-refractivity contribution in [2.24, 2.45) is 0 Å². The van der Waals surface area contributed by atoms with Crippen molar-refractivity contribution >= 4 is 12.6 Å². The highest BCUT2D eigenvalue weighted by Crippen LogP contribution is 2.60. The molecule has 0 saturated carbocycles. The highest BCUT2D eigenvalue weighted by atomic mass is 31.2. The van der Waals surface area contributed by atoms with Gasteiger partial charge in [-0.15, -0.1) is 0 Å². The lowest BCUT2D eigenvalue weighted by Gasteiger charge is -2.12. The largest absolute Gasteiger partial charge is 0.120 e. The zero-order chi connectivity index (χ0) is 9.73. The van der Waals surface area contributed by atoms with E-state index in [1.165, 1.54) is 5.30 Å². The van der Waals surface area contributed by atoms with Crippen LogP contribution < -0.4 is 5.30 Å². The van der Waals surface area contributed by atoms with Gasteiger partial charge in [0.05, 0.1) is 17.5 Å². The van der Waals surface area contributed by atoms with Crippen LogP contribution in [0.15, 0.2) is 67.5 Å². The van der Waals surface area contributed by atoms with Gasteiger partial charge in [0, 0.05) is 0 Å². The van der Waals surface area contributed by atoms with E-state index in [1.54, 1.807) is 0 Å². The van der Waals surface area contributed by atoms with Crippen molar-refractivity contribution in [3.63, 3.8) is 0 Å². The van der Waals surface area contributed by atoms with E-state index in [2.05, 4.69) is 31.9 Å². The average Bonchev–Trinajstić information content (AvgIpc) is 2.23. The molecular weight excluding hydrogens is 175 g/mol. The van der Waals surface area contributed by atoms with Gasteiger partial charge in [-0.1, -0.05) is 37.9 Å². The molecule has 0 aliphatic rings. The Balaban J connectivity index is 3.23. The number of rotatable bonds is 4. The first-order chi connectivity index (χ1) is 6.29. The minimum Gasteiger partial charge on any atom is -0.0628 e. The Morgan fingerprint density at radius 2 is 1.31 bits per heavy atom. The molecule has 66 valence electrons. The molecule has 0 bridgehead atoms. The van der Waals surface area contributed by atoms with Crippen LogP contribution in [0.5, 0.6) is 0 Å². The van der Waals surface area contributed by atoms with E-state index >= 15 is 0 Å².